The van der Waals surface area contributed by atoms with E-state index in [9.17, 15) is 18.7 Å². The molecule has 0 spiro atoms. The fourth-order valence-corrected chi connectivity index (χ4v) is 2.02. The molecule has 0 saturated carbocycles. The minimum Gasteiger partial charge on any atom is -0.479 e. The smallest absolute Gasteiger partial charge is 0.336 e. The highest BCUT2D eigenvalue weighted by Crippen LogP contribution is 2.35. The molecular weight excluding hydrogens is 242 g/mol. The van der Waals surface area contributed by atoms with Gasteiger partial charge in [0.1, 0.15) is 11.6 Å². The number of carbonyl (C=O) groups is 1. The number of halogens is 2. The first kappa shape index (κ1) is 14.6. The molecule has 100 valence electrons. The van der Waals surface area contributed by atoms with Gasteiger partial charge in [-0.25, -0.2) is 13.6 Å². The first-order chi connectivity index (χ1) is 8.21. The summed E-state index contributed by atoms with van der Waals surface area (Å²) in [5.41, 5.74) is -2.12. The average molecular weight is 258 g/mol. The highest BCUT2D eigenvalue weighted by Gasteiger charge is 2.46. The van der Waals surface area contributed by atoms with Crippen molar-refractivity contribution >= 4 is 5.97 Å². The SMILES string of the molecule is CC(C)C(O)(C(=O)O)C(C)c1ccc(F)cc1F. The predicted octanol–water partition coefficient (Wildman–Crippen LogP) is 2.54. The van der Waals surface area contributed by atoms with Crippen molar-refractivity contribution in [2.75, 3.05) is 0 Å². The number of hydrogen-bond acceptors (Lipinski definition) is 2. The number of hydrogen-bond donors (Lipinski definition) is 2. The number of carboxylic acids is 1. The molecule has 0 fully saturated rings. The number of rotatable bonds is 4. The molecule has 0 heterocycles. The number of aliphatic carboxylic acids is 1. The maximum absolute atomic E-state index is 13.6. The third-order valence-electron chi connectivity index (χ3n) is 3.31. The van der Waals surface area contributed by atoms with Crippen molar-refractivity contribution in [3.05, 3.63) is 35.4 Å². The molecule has 18 heavy (non-hydrogen) atoms. The van der Waals surface area contributed by atoms with Crippen LogP contribution in [0.2, 0.25) is 0 Å². The second-order valence-corrected chi connectivity index (χ2v) is 4.67. The molecule has 2 N–H and O–H groups in total. The van der Waals surface area contributed by atoms with E-state index in [2.05, 4.69) is 0 Å². The molecule has 0 bridgehead atoms. The predicted molar refractivity (Wildman–Crippen MR) is 62.2 cm³/mol. The summed E-state index contributed by atoms with van der Waals surface area (Å²) in [6.45, 7) is 4.47. The van der Waals surface area contributed by atoms with Crippen LogP contribution in [0.3, 0.4) is 0 Å². The lowest BCUT2D eigenvalue weighted by molar-refractivity contribution is -0.166. The van der Waals surface area contributed by atoms with Crippen LogP contribution in [-0.2, 0) is 4.79 Å². The van der Waals surface area contributed by atoms with Crippen LogP contribution >= 0.6 is 0 Å². The van der Waals surface area contributed by atoms with E-state index in [1.807, 2.05) is 0 Å². The fourth-order valence-electron chi connectivity index (χ4n) is 2.02. The van der Waals surface area contributed by atoms with Crippen LogP contribution in [0.25, 0.3) is 0 Å². The zero-order chi connectivity index (χ0) is 14.1. The van der Waals surface area contributed by atoms with Gasteiger partial charge in [-0.3, -0.25) is 0 Å². The van der Waals surface area contributed by atoms with Gasteiger partial charge in [0.2, 0.25) is 0 Å². The zero-order valence-electron chi connectivity index (χ0n) is 10.4. The second kappa shape index (κ2) is 5.02. The minimum atomic E-state index is -2.10. The van der Waals surface area contributed by atoms with Gasteiger partial charge in [0.25, 0.3) is 0 Å². The topological polar surface area (TPSA) is 57.5 Å². The molecule has 0 aromatic heterocycles. The lowest BCUT2D eigenvalue weighted by Crippen LogP contribution is -2.48. The number of benzene rings is 1. The minimum absolute atomic E-state index is 0.0185. The Labute approximate surface area is 104 Å². The first-order valence-corrected chi connectivity index (χ1v) is 5.62. The van der Waals surface area contributed by atoms with E-state index >= 15 is 0 Å². The molecule has 5 heteroatoms. The molecule has 3 nitrogen and oxygen atoms in total. The summed E-state index contributed by atoms with van der Waals surface area (Å²) < 4.78 is 26.4. The van der Waals surface area contributed by atoms with Gasteiger partial charge in [-0.05, 0) is 17.5 Å². The maximum atomic E-state index is 13.6. The molecule has 2 atom stereocenters. The quantitative estimate of drug-likeness (QED) is 0.872. The van der Waals surface area contributed by atoms with Crippen LogP contribution in [0.15, 0.2) is 18.2 Å². The monoisotopic (exact) mass is 258 g/mol. The summed E-state index contributed by atoms with van der Waals surface area (Å²) >= 11 is 0. The van der Waals surface area contributed by atoms with Crippen LogP contribution in [-0.4, -0.2) is 21.8 Å². The van der Waals surface area contributed by atoms with Crippen molar-refractivity contribution < 1.29 is 23.8 Å². The lowest BCUT2D eigenvalue weighted by atomic mass is 9.76. The third-order valence-corrected chi connectivity index (χ3v) is 3.31. The summed E-state index contributed by atoms with van der Waals surface area (Å²) in [7, 11) is 0. The Kier molecular flexibility index (Phi) is 4.06. The summed E-state index contributed by atoms with van der Waals surface area (Å²) in [4.78, 5) is 11.2. The van der Waals surface area contributed by atoms with Crippen LogP contribution in [0.4, 0.5) is 8.78 Å². The fraction of sp³-hybridized carbons (Fsp3) is 0.462. The Morgan fingerprint density at radius 1 is 1.28 bits per heavy atom. The molecule has 1 aromatic carbocycles. The molecule has 0 amide bonds. The zero-order valence-corrected chi connectivity index (χ0v) is 10.4. The molecule has 1 rings (SSSR count). The van der Waals surface area contributed by atoms with Crippen LogP contribution in [0, 0.1) is 17.6 Å². The van der Waals surface area contributed by atoms with Crippen molar-refractivity contribution in [2.24, 2.45) is 5.92 Å². The highest BCUT2D eigenvalue weighted by molar-refractivity contribution is 5.79. The van der Waals surface area contributed by atoms with Crippen molar-refractivity contribution in [3.63, 3.8) is 0 Å². The standard InChI is InChI=1S/C13H16F2O3/c1-7(2)13(18,12(16)17)8(3)10-5-4-9(14)6-11(10)15/h4-8,18H,1-3H3,(H,16,17). The average Bonchev–Trinajstić information content (AvgIpc) is 2.26. The summed E-state index contributed by atoms with van der Waals surface area (Å²) in [5, 5.41) is 19.4. The molecule has 2 unspecified atom stereocenters. The third kappa shape index (κ3) is 2.36. The van der Waals surface area contributed by atoms with Crippen molar-refractivity contribution in [1.29, 1.82) is 0 Å². The van der Waals surface area contributed by atoms with Gasteiger partial charge in [0, 0.05) is 12.0 Å². The van der Waals surface area contributed by atoms with Crippen molar-refractivity contribution in [3.8, 4) is 0 Å². The highest BCUT2D eigenvalue weighted by atomic mass is 19.1. The summed E-state index contributed by atoms with van der Waals surface area (Å²) in [6.07, 6.45) is 0. The van der Waals surface area contributed by atoms with E-state index in [1.165, 1.54) is 20.8 Å². The van der Waals surface area contributed by atoms with E-state index < -0.39 is 35.0 Å². The lowest BCUT2D eigenvalue weighted by Gasteiger charge is -2.34. The van der Waals surface area contributed by atoms with Gasteiger partial charge < -0.3 is 10.2 Å². The second-order valence-electron chi connectivity index (χ2n) is 4.67. The van der Waals surface area contributed by atoms with Crippen molar-refractivity contribution in [1.82, 2.24) is 0 Å². The molecule has 0 aliphatic carbocycles. The van der Waals surface area contributed by atoms with Gasteiger partial charge in [-0.15, -0.1) is 0 Å². The number of carboxylic acid groups (broad SMARTS) is 1. The number of aliphatic hydroxyl groups is 1. The largest absolute Gasteiger partial charge is 0.479 e. The Morgan fingerprint density at radius 3 is 2.22 bits per heavy atom. The normalized spacial score (nSPS) is 16.4. The molecule has 0 radical (unpaired) electrons. The van der Waals surface area contributed by atoms with Gasteiger partial charge >= 0.3 is 5.97 Å². The van der Waals surface area contributed by atoms with E-state index in [0.29, 0.717) is 6.07 Å². The Hall–Kier alpha value is -1.49. The Morgan fingerprint density at radius 2 is 1.83 bits per heavy atom. The van der Waals surface area contributed by atoms with Crippen LogP contribution in [0.5, 0.6) is 0 Å². The van der Waals surface area contributed by atoms with Gasteiger partial charge in [0.05, 0.1) is 0 Å². The van der Waals surface area contributed by atoms with Gasteiger partial charge in [0.15, 0.2) is 5.60 Å². The van der Waals surface area contributed by atoms with Gasteiger partial charge in [-0.1, -0.05) is 26.8 Å². The molecule has 0 aliphatic heterocycles. The van der Waals surface area contributed by atoms with E-state index in [0.717, 1.165) is 12.1 Å². The van der Waals surface area contributed by atoms with Crippen LogP contribution < -0.4 is 0 Å². The summed E-state index contributed by atoms with van der Waals surface area (Å²) in [5.74, 6) is -4.63. The van der Waals surface area contributed by atoms with E-state index in [-0.39, 0.29) is 5.56 Å². The molecule has 1 aromatic rings. The molecule has 0 aliphatic rings. The van der Waals surface area contributed by atoms with E-state index in [1.54, 1.807) is 0 Å². The van der Waals surface area contributed by atoms with Crippen LogP contribution in [0.1, 0.15) is 32.3 Å². The molecule has 0 saturated heterocycles. The van der Waals surface area contributed by atoms with E-state index in [4.69, 9.17) is 5.11 Å². The van der Waals surface area contributed by atoms with Crippen molar-refractivity contribution in [2.45, 2.75) is 32.3 Å². The summed E-state index contributed by atoms with van der Waals surface area (Å²) in [6, 6.07) is 2.87. The molecular formula is C13H16F2O3. The first-order valence-electron chi connectivity index (χ1n) is 5.62. The van der Waals surface area contributed by atoms with Gasteiger partial charge in [-0.2, -0.15) is 0 Å². The Balaban J connectivity index is 3.27. The maximum Gasteiger partial charge on any atom is 0.336 e. The Bertz CT molecular complexity index is 460.